The SMILES string of the molecule is C=CCOC(=O)c1sc(N2C(=O)c3oc4ccc(F)cc4c(=O)c3C2c2ccc(SC)cc2)nc1C. The van der Waals surface area contributed by atoms with Crippen LogP contribution in [-0.2, 0) is 4.74 Å². The summed E-state index contributed by atoms with van der Waals surface area (Å²) < 4.78 is 25.0. The third-order valence-corrected chi connectivity index (χ3v) is 7.65. The highest BCUT2D eigenvalue weighted by atomic mass is 32.2. The highest BCUT2D eigenvalue weighted by Crippen LogP contribution is 2.43. The van der Waals surface area contributed by atoms with Gasteiger partial charge in [0.1, 0.15) is 22.9 Å². The maximum absolute atomic E-state index is 14.0. The summed E-state index contributed by atoms with van der Waals surface area (Å²) in [5, 5.41) is 0.251. The molecule has 0 aliphatic carbocycles. The predicted octanol–water partition coefficient (Wildman–Crippen LogP) is 5.51. The summed E-state index contributed by atoms with van der Waals surface area (Å²) in [5.41, 5.74) is 0.733. The quantitative estimate of drug-likeness (QED) is 0.187. The Balaban J connectivity index is 1.71. The van der Waals surface area contributed by atoms with Gasteiger partial charge in [0.25, 0.3) is 5.91 Å². The van der Waals surface area contributed by atoms with Crippen molar-refractivity contribution >= 4 is 51.1 Å². The van der Waals surface area contributed by atoms with Crippen LogP contribution < -0.4 is 10.3 Å². The van der Waals surface area contributed by atoms with Crippen LogP contribution in [0, 0.1) is 12.7 Å². The molecular formula is C26H19FN2O5S2. The van der Waals surface area contributed by atoms with E-state index in [4.69, 9.17) is 9.15 Å². The first kappa shape index (κ1) is 24.0. The van der Waals surface area contributed by atoms with E-state index in [1.54, 1.807) is 18.7 Å². The van der Waals surface area contributed by atoms with Gasteiger partial charge in [-0.15, -0.1) is 11.8 Å². The molecule has 4 aromatic rings. The summed E-state index contributed by atoms with van der Waals surface area (Å²) in [7, 11) is 0. The van der Waals surface area contributed by atoms with Gasteiger partial charge >= 0.3 is 5.97 Å². The van der Waals surface area contributed by atoms with Crippen molar-refractivity contribution in [3.8, 4) is 0 Å². The molecule has 1 unspecified atom stereocenters. The molecule has 7 nitrogen and oxygen atoms in total. The van der Waals surface area contributed by atoms with Gasteiger partial charge in [-0.25, -0.2) is 14.2 Å². The van der Waals surface area contributed by atoms with Gasteiger partial charge in [0.05, 0.1) is 22.7 Å². The summed E-state index contributed by atoms with van der Waals surface area (Å²) in [6, 6.07) is 10.1. The number of fused-ring (bicyclic) bond motifs is 2. The first-order chi connectivity index (χ1) is 17.3. The van der Waals surface area contributed by atoms with Crippen molar-refractivity contribution in [3.63, 3.8) is 0 Å². The average molecular weight is 523 g/mol. The number of ether oxygens (including phenoxy) is 1. The molecule has 3 heterocycles. The smallest absolute Gasteiger partial charge is 0.350 e. The van der Waals surface area contributed by atoms with Crippen molar-refractivity contribution in [2.24, 2.45) is 0 Å². The highest BCUT2D eigenvalue weighted by molar-refractivity contribution is 7.98. The fourth-order valence-electron chi connectivity index (χ4n) is 4.12. The van der Waals surface area contributed by atoms with Gasteiger partial charge in [0.15, 0.2) is 10.6 Å². The van der Waals surface area contributed by atoms with E-state index in [-0.39, 0.29) is 38.9 Å². The fraction of sp³-hybridized carbons (Fsp3) is 0.154. The van der Waals surface area contributed by atoms with Crippen LogP contribution in [0.25, 0.3) is 11.0 Å². The lowest BCUT2D eigenvalue weighted by atomic mass is 9.99. The Hall–Kier alpha value is -3.76. The third-order valence-electron chi connectivity index (χ3n) is 5.77. The van der Waals surface area contributed by atoms with Crippen LogP contribution in [-0.4, -0.2) is 29.7 Å². The lowest BCUT2D eigenvalue weighted by molar-refractivity contribution is 0.0554. The molecule has 1 atom stereocenters. The number of esters is 1. The average Bonchev–Trinajstić information content (AvgIpc) is 3.40. The number of benzene rings is 2. The molecule has 1 amide bonds. The van der Waals surface area contributed by atoms with Crippen molar-refractivity contribution in [1.29, 1.82) is 0 Å². The maximum atomic E-state index is 14.0. The van der Waals surface area contributed by atoms with Gasteiger partial charge in [0.2, 0.25) is 5.76 Å². The predicted molar refractivity (Wildman–Crippen MR) is 137 cm³/mol. The number of thioether (sulfide) groups is 1. The normalized spacial score (nSPS) is 14.8. The van der Waals surface area contributed by atoms with Gasteiger partial charge in [-0.2, -0.15) is 0 Å². The number of aromatic nitrogens is 1. The molecule has 0 radical (unpaired) electrons. The minimum absolute atomic E-state index is 0.0333. The van der Waals surface area contributed by atoms with Crippen LogP contribution in [0.4, 0.5) is 9.52 Å². The number of thiazole rings is 1. The summed E-state index contributed by atoms with van der Waals surface area (Å²) >= 11 is 2.54. The molecule has 5 rings (SSSR count). The highest BCUT2D eigenvalue weighted by Gasteiger charge is 2.45. The summed E-state index contributed by atoms with van der Waals surface area (Å²) in [6.07, 6.45) is 3.39. The number of rotatable bonds is 6. The Bertz CT molecular complexity index is 1590. The zero-order valence-corrected chi connectivity index (χ0v) is 20.9. The van der Waals surface area contributed by atoms with Crippen LogP contribution in [0.15, 0.2) is 69.2 Å². The largest absolute Gasteiger partial charge is 0.457 e. The van der Waals surface area contributed by atoms with Gasteiger partial charge in [-0.05, 0) is 49.1 Å². The monoisotopic (exact) mass is 522 g/mol. The molecule has 0 fully saturated rings. The Kier molecular flexibility index (Phi) is 6.23. The number of carbonyl (C=O) groups is 2. The standard InChI is InChI=1S/C26H19FN2O5S2/c1-4-11-33-25(32)23-13(2)28-26(36-23)29-20(14-5-8-16(35-3)9-6-14)19-21(30)17-12-15(27)7-10-18(17)34-22(19)24(29)31/h4-10,12,20H,1,11H2,2-3H3. The molecule has 0 N–H and O–H groups in total. The maximum Gasteiger partial charge on any atom is 0.350 e. The van der Waals surface area contributed by atoms with Crippen molar-refractivity contribution in [2.45, 2.75) is 17.9 Å². The summed E-state index contributed by atoms with van der Waals surface area (Å²) in [4.78, 5) is 46.8. The second-order valence-corrected chi connectivity index (χ2v) is 9.82. The van der Waals surface area contributed by atoms with Gasteiger partial charge in [-0.1, -0.05) is 36.1 Å². The molecular weight excluding hydrogens is 503 g/mol. The van der Waals surface area contributed by atoms with Crippen LogP contribution in [0.5, 0.6) is 0 Å². The van der Waals surface area contributed by atoms with E-state index in [1.165, 1.54) is 23.1 Å². The number of hydrogen-bond donors (Lipinski definition) is 0. The molecule has 36 heavy (non-hydrogen) atoms. The van der Waals surface area contributed by atoms with Crippen LogP contribution >= 0.6 is 23.1 Å². The molecule has 2 aromatic heterocycles. The molecule has 0 spiro atoms. The van der Waals surface area contributed by atoms with E-state index in [0.29, 0.717) is 11.3 Å². The van der Waals surface area contributed by atoms with E-state index in [9.17, 15) is 18.8 Å². The van der Waals surface area contributed by atoms with E-state index in [0.717, 1.165) is 22.3 Å². The van der Waals surface area contributed by atoms with Crippen molar-refractivity contribution in [3.05, 3.63) is 98.6 Å². The summed E-state index contributed by atoms with van der Waals surface area (Å²) in [6.45, 7) is 5.21. The zero-order chi connectivity index (χ0) is 25.6. The topological polar surface area (TPSA) is 89.7 Å². The molecule has 0 saturated carbocycles. The number of anilines is 1. The summed E-state index contributed by atoms with van der Waals surface area (Å²) in [5.74, 6) is -1.89. The van der Waals surface area contributed by atoms with Gasteiger partial charge < -0.3 is 9.15 Å². The van der Waals surface area contributed by atoms with E-state index < -0.39 is 29.2 Å². The Labute approximate surface area is 213 Å². The Morgan fingerprint density at radius 3 is 2.72 bits per heavy atom. The number of nitrogens with zero attached hydrogens (tertiary/aromatic N) is 2. The molecule has 1 aliphatic rings. The van der Waals surface area contributed by atoms with Gasteiger partial charge in [0, 0.05) is 4.90 Å². The first-order valence-electron chi connectivity index (χ1n) is 10.8. The molecule has 0 saturated heterocycles. The molecule has 182 valence electrons. The van der Waals surface area contributed by atoms with Crippen LogP contribution in [0.1, 0.15) is 43.1 Å². The van der Waals surface area contributed by atoms with E-state index in [1.807, 2.05) is 30.5 Å². The number of carbonyl (C=O) groups excluding carboxylic acids is 2. The Morgan fingerprint density at radius 2 is 2.03 bits per heavy atom. The number of halogens is 1. The minimum Gasteiger partial charge on any atom is -0.457 e. The Morgan fingerprint density at radius 1 is 1.28 bits per heavy atom. The molecule has 10 heteroatoms. The van der Waals surface area contributed by atoms with Crippen LogP contribution in [0.3, 0.4) is 0 Å². The second kappa shape index (κ2) is 9.36. The number of aryl methyl sites for hydroxylation is 1. The lowest BCUT2D eigenvalue weighted by Crippen LogP contribution is -2.29. The zero-order valence-electron chi connectivity index (χ0n) is 19.2. The van der Waals surface area contributed by atoms with Crippen molar-refractivity contribution in [2.75, 3.05) is 17.8 Å². The van der Waals surface area contributed by atoms with Crippen molar-refractivity contribution < 1.29 is 23.1 Å². The third kappa shape index (κ3) is 3.92. The minimum atomic E-state index is -0.880. The number of hydrogen-bond acceptors (Lipinski definition) is 8. The van der Waals surface area contributed by atoms with Crippen LogP contribution in [0.2, 0.25) is 0 Å². The van der Waals surface area contributed by atoms with E-state index >= 15 is 0 Å². The first-order valence-corrected chi connectivity index (χ1v) is 12.9. The van der Waals surface area contributed by atoms with Crippen molar-refractivity contribution in [1.82, 2.24) is 4.98 Å². The lowest BCUT2D eigenvalue weighted by Gasteiger charge is -2.22. The number of amides is 1. The molecule has 2 aromatic carbocycles. The molecule has 1 aliphatic heterocycles. The van der Waals surface area contributed by atoms with E-state index in [2.05, 4.69) is 11.6 Å². The molecule has 0 bridgehead atoms. The van der Waals surface area contributed by atoms with Gasteiger partial charge in [-0.3, -0.25) is 14.5 Å². The fourth-order valence-corrected chi connectivity index (χ4v) is 5.51. The second-order valence-electron chi connectivity index (χ2n) is 7.96.